The van der Waals surface area contributed by atoms with Gasteiger partial charge in [-0.05, 0) is 63.1 Å². The maximum absolute atomic E-state index is 5.06. The second-order valence-corrected chi connectivity index (χ2v) is 14.0. The summed E-state index contributed by atoms with van der Waals surface area (Å²) in [6.07, 6.45) is 6.04. The maximum Gasteiger partial charge on any atom is 0.164 e. The monoisotopic (exact) mass is 669 g/mol. The Kier molecular flexibility index (Phi) is 8.46. The largest absolute Gasteiger partial charge is 0.208 e. The van der Waals surface area contributed by atoms with E-state index in [0.29, 0.717) is 17.5 Å². The van der Waals surface area contributed by atoms with Crippen molar-refractivity contribution in [1.82, 2.24) is 15.0 Å². The topological polar surface area (TPSA) is 38.7 Å². The fourth-order valence-electron chi connectivity index (χ4n) is 7.98. The molecule has 0 amide bonds. The second kappa shape index (κ2) is 13.8. The maximum atomic E-state index is 5.06. The Morgan fingerprint density at radius 2 is 0.692 bits per heavy atom. The van der Waals surface area contributed by atoms with Crippen molar-refractivity contribution < 1.29 is 0 Å². The van der Waals surface area contributed by atoms with Crippen molar-refractivity contribution in [2.75, 3.05) is 0 Å². The zero-order chi connectivity index (χ0) is 34.7. The molecule has 0 N–H and O–H groups in total. The van der Waals surface area contributed by atoms with Crippen LogP contribution in [0.25, 0.3) is 67.2 Å². The molecule has 0 spiro atoms. The zero-order valence-corrected chi connectivity index (χ0v) is 29.1. The molecule has 0 radical (unpaired) electrons. The molecule has 1 aromatic heterocycles. The summed E-state index contributed by atoms with van der Waals surface area (Å²) >= 11 is 0. The number of benzene rings is 7. The third-order valence-electron chi connectivity index (χ3n) is 10.8. The summed E-state index contributed by atoms with van der Waals surface area (Å²) in [5.74, 6) is 2.04. The van der Waals surface area contributed by atoms with E-state index in [9.17, 15) is 0 Å². The lowest BCUT2D eigenvalue weighted by atomic mass is 9.65. The molecule has 1 aliphatic carbocycles. The van der Waals surface area contributed by atoms with Crippen molar-refractivity contribution in [2.24, 2.45) is 0 Å². The summed E-state index contributed by atoms with van der Waals surface area (Å²) in [5, 5.41) is 2.36. The smallest absolute Gasteiger partial charge is 0.164 e. The van der Waals surface area contributed by atoms with Crippen molar-refractivity contribution in [1.29, 1.82) is 0 Å². The van der Waals surface area contributed by atoms with Gasteiger partial charge in [-0.15, -0.1) is 0 Å². The van der Waals surface area contributed by atoms with E-state index in [1.54, 1.807) is 0 Å². The number of nitrogens with zero attached hydrogens (tertiary/aromatic N) is 3. The first-order chi connectivity index (χ1) is 25.7. The van der Waals surface area contributed by atoms with Crippen molar-refractivity contribution in [2.45, 2.75) is 37.5 Å². The number of rotatable bonds is 7. The minimum Gasteiger partial charge on any atom is -0.208 e. The van der Waals surface area contributed by atoms with Gasteiger partial charge in [-0.2, -0.15) is 0 Å². The van der Waals surface area contributed by atoms with E-state index < -0.39 is 0 Å². The van der Waals surface area contributed by atoms with Crippen LogP contribution in [0.2, 0.25) is 0 Å². The highest BCUT2D eigenvalue weighted by atomic mass is 15.0. The molecule has 8 aromatic rings. The van der Waals surface area contributed by atoms with E-state index in [4.69, 9.17) is 15.0 Å². The predicted molar refractivity (Wildman–Crippen MR) is 215 cm³/mol. The van der Waals surface area contributed by atoms with Crippen molar-refractivity contribution in [3.63, 3.8) is 0 Å². The molecular weight excluding hydrogens is 631 g/mol. The van der Waals surface area contributed by atoms with Gasteiger partial charge in [0.15, 0.2) is 17.5 Å². The molecule has 9 rings (SSSR count). The van der Waals surface area contributed by atoms with Crippen LogP contribution in [0.4, 0.5) is 0 Å². The molecule has 3 nitrogen and oxygen atoms in total. The molecule has 1 aliphatic rings. The second-order valence-electron chi connectivity index (χ2n) is 14.0. The number of hydrogen-bond acceptors (Lipinski definition) is 3. The minimum atomic E-state index is -0.0168. The van der Waals surface area contributed by atoms with Crippen molar-refractivity contribution >= 4 is 10.8 Å². The molecule has 3 heteroatoms. The van der Waals surface area contributed by atoms with Gasteiger partial charge in [0.25, 0.3) is 0 Å². The molecule has 0 saturated heterocycles. The number of hydrogen-bond donors (Lipinski definition) is 0. The summed E-state index contributed by atoms with van der Waals surface area (Å²) in [5.41, 5.74) is 10.7. The number of aromatic nitrogens is 3. The first-order valence-corrected chi connectivity index (χ1v) is 18.4. The van der Waals surface area contributed by atoms with Gasteiger partial charge in [0.2, 0.25) is 0 Å². The Balaban J connectivity index is 1.05. The molecule has 250 valence electrons. The van der Waals surface area contributed by atoms with Gasteiger partial charge in [0.1, 0.15) is 0 Å². The van der Waals surface area contributed by atoms with Gasteiger partial charge < -0.3 is 0 Å². The third-order valence-corrected chi connectivity index (χ3v) is 10.8. The predicted octanol–water partition coefficient (Wildman–Crippen LogP) is 12.6. The normalized spacial score (nSPS) is 13.9. The molecule has 7 aromatic carbocycles. The molecule has 0 aliphatic heterocycles. The summed E-state index contributed by atoms with van der Waals surface area (Å²) in [6, 6.07) is 62.9. The van der Waals surface area contributed by atoms with Crippen LogP contribution in [0.5, 0.6) is 0 Å². The van der Waals surface area contributed by atoms with E-state index in [1.165, 1.54) is 63.4 Å². The van der Waals surface area contributed by atoms with Crippen molar-refractivity contribution in [3.8, 4) is 56.4 Å². The Morgan fingerprint density at radius 1 is 0.308 bits per heavy atom. The summed E-state index contributed by atoms with van der Waals surface area (Å²) in [6.45, 7) is 0. The average molecular weight is 670 g/mol. The quantitative estimate of drug-likeness (QED) is 0.169. The van der Waals surface area contributed by atoms with Crippen LogP contribution < -0.4 is 0 Å². The van der Waals surface area contributed by atoms with E-state index in [2.05, 4.69) is 158 Å². The Bertz CT molecular complexity index is 2450. The molecule has 52 heavy (non-hydrogen) atoms. The highest BCUT2D eigenvalue weighted by Gasteiger charge is 2.35. The molecule has 1 saturated carbocycles. The molecule has 0 bridgehead atoms. The zero-order valence-electron chi connectivity index (χ0n) is 29.1. The first-order valence-electron chi connectivity index (χ1n) is 18.4. The highest BCUT2D eigenvalue weighted by molar-refractivity contribution is 5.86. The van der Waals surface area contributed by atoms with Crippen LogP contribution in [0.1, 0.15) is 43.2 Å². The summed E-state index contributed by atoms with van der Waals surface area (Å²) < 4.78 is 0. The van der Waals surface area contributed by atoms with E-state index >= 15 is 0 Å². The van der Waals surface area contributed by atoms with Crippen LogP contribution in [0, 0.1) is 0 Å². The highest BCUT2D eigenvalue weighted by Crippen LogP contribution is 2.45. The van der Waals surface area contributed by atoms with Crippen LogP contribution >= 0.6 is 0 Å². The molecule has 1 heterocycles. The van der Waals surface area contributed by atoms with Gasteiger partial charge in [-0.3, -0.25) is 0 Å². The lowest BCUT2D eigenvalue weighted by Gasteiger charge is -2.39. The Hall–Kier alpha value is -6.19. The molecular formula is C49H39N3. The lowest BCUT2D eigenvalue weighted by molar-refractivity contribution is 0.346. The van der Waals surface area contributed by atoms with Crippen LogP contribution in [-0.4, -0.2) is 15.0 Å². The molecule has 0 atom stereocenters. The van der Waals surface area contributed by atoms with Gasteiger partial charge in [0, 0.05) is 22.1 Å². The summed E-state index contributed by atoms with van der Waals surface area (Å²) in [7, 11) is 0. The number of fused-ring (bicyclic) bond motifs is 1. The lowest BCUT2D eigenvalue weighted by Crippen LogP contribution is -2.30. The first kappa shape index (κ1) is 31.8. The van der Waals surface area contributed by atoms with Gasteiger partial charge >= 0.3 is 0 Å². The van der Waals surface area contributed by atoms with Gasteiger partial charge in [0.05, 0.1) is 0 Å². The molecule has 0 unspecified atom stereocenters. The van der Waals surface area contributed by atoms with E-state index in [0.717, 1.165) is 29.5 Å². The van der Waals surface area contributed by atoms with Crippen LogP contribution in [0.15, 0.2) is 176 Å². The SMILES string of the molecule is c1ccc(-c2ccc(-c3ccc(C4(c5ccc(-c6nc(-c7ccccc7)nc(-c7ccc8ccccc8c7)n6)cc5)CCCCC4)cc3)cc2)cc1. The summed E-state index contributed by atoms with van der Waals surface area (Å²) in [4.78, 5) is 15.1. The van der Waals surface area contributed by atoms with E-state index in [-0.39, 0.29) is 5.41 Å². The fourth-order valence-corrected chi connectivity index (χ4v) is 7.98. The standard InChI is InChI=1S/C49H39N3/c1-4-12-35(13-5-1)37-18-20-38(21-19-37)39-24-28-44(29-25-39)49(32-10-3-11-33-49)45-30-26-41(27-31-45)47-50-46(40-15-6-2-7-16-40)51-48(52-47)43-23-22-36-14-8-9-17-42(36)34-43/h1-2,4-9,12-31,34H,3,10-11,32-33H2. The van der Waals surface area contributed by atoms with Crippen molar-refractivity contribution in [3.05, 3.63) is 187 Å². The minimum absolute atomic E-state index is 0.0168. The average Bonchev–Trinajstić information content (AvgIpc) is 3.24. The Labute approximate surface area is 305 Å². The van der Waals surface area contributed by atoms with Gasteiger partial charge in [-0.1, -0.05) is 189 Å². The van der Waals surface area contributed by atoms with Crippen LogP contribution in [-0.2, 0) is 5.41 Å². The van der Waals surface area contributed by atoms with Crippen LogP contribution in [0.3, 0.4) is 0 Å². The van der Waals surface area contributed by atoms with E-state index in [1.807, 2.05) is 18.2 Å². The van der Waals surface area contributed by atoms with Gasteiger partial charge in [-0.25, -0.2) is 15.0 Å². The molecule has 1 fully saturated rings. The third kappa shape index (κ3) is 6.20. The fraction of sp³-hybridized carbons (Fsp3) is 0.122. The Morgan fingerprint density at radius 3 is 1.25 bits per heavy atom.